The summed E-state index contributed by atoms with van der Waals surface area (Å²) in [4.78, 5) is 32.2. The highest BCUT2D eigenvalue weighted by atomic mass is 16.6. The molecule has 0 aliphatic carbocycles. The van der Waals surface area contributed by atoms with Gasteiger partial charge >= 0.3 is 6.09 Å². The standard InChI is InChI=1S/C23H30N4O4/c1-14(2)19(27-22(29)31-23(3,4)5)21-26-18(13-30-21)20(28)24-11-10-15-12-25-17-9-7-6-8-16(15)17/h6-9,12-14,19,25H,10-11H2,1-5H3,(H,24,28)(H,27,29)/t19-/m0/s1. The molecule has 0 fully saturated rings. The van der Waals surface area contributed by atoms with Gasteiger partial charge in [-0.3, -0.25) is 4.79 Å². The van der Waals surface area contributed by atoms with Crippen LogP contribution in [-0.4, -0.2) is 34.1 Å². The number of H-pyrrole nitrogens is 1. The van der Waals surface area contributed by atoms with Crippen LogP contribution >= 0.6 is 0 Å². The number of fused-ring (bicyclic) bond motifs is 1. The average molecular weight is 427 g/mol. The average Bonchev–Trinajstić information content (AvgIpc) is 3.32. The number of nitrogens with one attached hydrogen (secondary N) is 3. The van der Waals surface area contributed by atoms with Crippen LogP contribution in [-0.2, 0) is 11.2 Å². The third-order valence-electron chi connectivity index (χ3n) is 4.71. The van der Waals surface area contributed by atoms with Gasteiger partial charge in [-0.2, -0.15) is 0 Å². The van der Waals surface area contributed by atoms with E-state index >= 15 is 0 Å². The summed E-state index contributed by atoms with van der Waals surface area (Å²) < 4.78 is 10.8. The number of ether oxygens (including phenoxy) is 1. The lowest BCUT2D eigenvalue weighted by molar-refractivity contribution is 0.0479. The maximum Gasteiger partial charge on any atom is 0.408 e. The minimum Gasteiger partial charge on any atom is -0.446 e. The Morgan fingerprint density at radius 1 is 1.23 bits per heavy atom. The third kappa shape index (κ3) is 5.87. The topological polar surface area (TPSA) is 109 Å². The first-order chi connectivity index (χ1) is 14.6. The Morgan fingerprint density at radius 3 is 2.68 bits per heavy atom. The van der Waals surface area contributed by atoms with E-state index in [4.69, 9.17) is 9.15 Å². The fourth-order valence-corrected chi connectivity index (χ4v) is 3.22. The van der Waals surface area contributed by atoms with Gasteiger partial charge in [0.25, 0.3) is 5.91 Å². The van der Waals surface area contributed by atoms with Crippen LogP contribution in [0.2, 0.25) is 0 Å². The first kappa shape index (κ1) is 22.4. The van der Waals surface area contributed by atoms with Crippen molar-refractivity contribution in [2.24, 2.45) is 5.92 Å². The van der Waals surface area contributed by atoms with Crippen molar-refractivity contribution in [2.75, 3.05) is 6.54 Å². The number of hydrogen-bond acceptors (Lipinski definition) is 5. The summed E-state index contributed by atoms with van der Waals surface area (Å²) in [7, 11) is 0. The van der Waals surface area contributed by atoms with Gasteiger partial charge in [0.2, 0.25) is 5.89 Å². The van der Waals surface area contributed by atoms with Gasteiger partial charge in [-0.05, 0) is 44.7 Å². The van der Waals surface area contributed by atoms with Crippen molar-refractivity contribution in [2.45, 2.75) is 52.7 Å². The van der Waals surface area contributed by atoms with Gasteiger partial charge in [0.05, 0.1) is 0 Å². The van der Waals surface area contributed by atoms with Gasteiger partial charge in [0, 0.05) is 23.6 Å². The highest BCUT2D eigenvalue weighted by Gasteiger charge is 2.27. The molecule has 0 radical (unpaired) electrons. The van der Waals surface area contributed by atoms with E-state index in [-0.39, 0.29) is 23.4 Å². The van der Waals surface area contributed by atoms with Crippen LogP contribution in [0.1, 0.15) is 62.6 Å². The number of aromatic amines is 1. The summed E-state index contributed by atoms with van der Waals surface area (Å²) >= 11 is 0. The van der Waals surface area contributed by atoms with E-state index in [0.717, 1.165) is 16.5 Å². The fourth-order valence-electron chi connectivity index (χ4n) is 3.22. The largest absolute Gasteiger partial charge is 0.446 e. The van der Waals surface area contributed by atoms with Gasteiger partial charge < -0.3 is 24.8 Å². The number of carbonyl (C=O) groups excluding carboxylic acids is 2. The van der Waals surface area contributed by atoms with E-state index in [2.05, 4.69) is 26.7 Å². The molecule has 0 saturated carbocycles. The molecule has 0 aliphatic rings. The molecule has 8 nitrogen and oxygen atoms in total. The molecule has 1 aromatic carbocycles. The number of amides is 2. The van der Waals surface area contributed by atoms with Gasteiger partial charge in [0.1, 0.15) is 17.9 Å². The Kier molecular flexibility index (Phi) is 6.68. The van der Waals surface area contributed by atoms with Gasteiger partial charge in [0.15, 0.2) is 5.69 Å². The molecule has 0 aliphatic heterocycles. The Morgan fingerprint density at radius 2 is 1.97 bits per heavy atom. The van der Waals surface area contributed by atoms with Crippen molar-refractivity contribution in [1.82, 2.24) is 20.6 Å². The van der Waals surface area contributed by atoms with Crippen LogP contribution in [0.5, 0.6) is 0 Å². The van der Waals surface area contributed by atoms with Crippen LogP contribution < -0.4 is 10.6 Å². The quantitative estimate of drug-likeness (QED) is 0.520. The zero-order valence-corrected chi connectivity index (χ0v) is 18.6. The number of nitrogens with zero attached hydrogens (tertiary/aromatic N) is 1. The highest BCUT2D eigenvalue weighted by molar-refractivity contribution is 5.92. The number of rotatable bonds is 7. The minimum absolute atomic E-state index is 0.0102. The van der Waals surface area contributed by atoms with E-state index in [0.29, 0.717) is 13.0 Å². The second-order valence-electron chi connectivity index (χ2n) is 8.80. The molecule has 0 unspecified atom stereocenters. The number of carbonyl (C=O) groups is 2. The van der Waals surface area contributed by atoms with E-state index in [1.807, 2.05) is 38.2 Å². The maximum absolute atomic E-state index is 12.5. The van der Waals surface area contributed by atoms with Crippen molar-refractivity contribution in [3.05, 3.63) is 53.9 Å². The summed E-state index contributed by atoms with van der Waals surface area (Å²) in [6, 6.07) is 7.53. The Hall–Kier alpha value is -3.29. The number of oxazole rings is 1. The van der Waals surface area contributed by atoms with Crippen molar-refractivity contribution >= 4 is 22.9 Å². The number of aromatic nitrogens is 2. The van der Waals surface area contributed by atoms with Crippen molar-refractivity contribution in [1.29, 1.82) is 0 Å². The smallest absolute Gasteiger partial charge is 0.408 e. The summed E-state index contributed by atoms with van der Waals surface area (Å²) in [5.41, 5.74) is 1.77. The fraction of sp³-hybridized carbons (Fsp3) is 0.435. The van der Waals surface area contributed by atoms with Crippen LogP contribution in [0.15, 0.2) is 41.1 Å². The molecule has 2 heterocycles. The summed E-state index contributed by atoms with van der Waals surface area (Å²) in [6.07, 6.45) is 3.40. The Balaban J connectivity index is 1.59. The molecule has 0 saturated heterocycles. The first-order valence-electron chi connectivity index (χ1n) is 10.4. The number of para-hydroxylation sites is 1. The molecule has 3 N–H and O–H groups in total. The lowest BCUT2D eigenvalue weighted by Gasteiger charge is -2.24. The first-order valence-corrected chi connectivity index (χ1v) is 10.4. The third-order valence-corrected chi connectivity index (χ3v) is 4.71. The van der Waals surface area contributed by atoms with Crippen LogP contribution in [0.4, 0.5) is 4.79 Å². The predicted octanol–water partition coefficient (Wildman–Crippen LogP) is 4.35. The molecule has 166 valence electrons. The molecular weight excluding hydrogens is 396 g/mol. The Labute approximate surface area is 181 Å². The molecule has 3 rings (SSSR count). The van der Waals surface area contributed by atoms with Crippen molar-refractivity contribution in [3.8, 4) is 0 Å². The molecule has 8 heteroatoms. The number of alkyl carbamates (subject to hydrolysis) is 1. The van der Waals surface area contributed by atoms with Gasteiger partial charge in [-0.1, -0.05) is 32.0 Å². The van der Waals surface area contributed by atoms with E-state index in [9.17, 15) is 9.59 Å². The van der Waals surface area contributed by atoms with Gasteiger partial charge in [-0.15, -0.1) is 0 Å². The zero-order valence-electron chi connectivity index (χ0n) is 18.6. The molecule has 31 heavy (non-hydrogen) atoms. The highest BCUT2D eigenvalue weighted by Crippen LogP contribution is 2.22. The molecule has 0 spiro atoms. The number of benzene rings is 1. The van der Waals surface area contributed by atoms with E-state index < -0.39 is 17.7 Å². The lowest BCUT2D eigenvalue weighted by Crippen LogP contribution is -2.37. The molecule has 1 atom stereocenters. The maximum atomic E-state index is 12.5. The Bertz CT molecular complexity index is 1050. The summed E-state index contributed by atoms with van der Waals surface area (Å²) in [6.45, 7) is 9.69. The number of hydrogen-bond donors (Lipinski definition) is 3. The van der Waals surface area contributed by atoms with E-state index in [1.54, 1.807) is 20.8 Å². The monoisotopic (exact) mass is 426 g/mol. The van der Waals surface area contributed by atoms with E-state index in [1.165, 1.54) is 6.26 Å². The summed E-state index contributed by atoms with van der Waals surface area (Å²) in [5.74, 6) is -0.0683. The zero-order chi connectivity index (χ0) is 22.6. The SMILES string of the molecule is CC(C)[C@H](NC(=O)OC(C)(C)C)c1nc(C(=O)NCCc2c[nH]c3ccccc23)co1. The normalized spacial score (nSPS) is 12.7. The molecule has 0 bridgehead atoms. The molecule has 3 aromatic rings. The van der Waals surface area contributed by atoms with Crippen molar-refractivity contribution < 1.29 is 18.7 Å². The van der Waals surface area contributed by atoms with Crippen LogP contribution in [0.25, 0.3) is 10.9 Å². The second kappa shape index (κ2) is 9.24. The molecule has 2 amide bonds. The van der Waals surface area contributed by atoms with Gasteiger partial charge in [-0.25, -0.2) is 9.78 Å². The van der Waals surface area contributed by atoms with Crippen molar-refractivity contribution in [3.63, 3.8) is 0 Å². The molecule has 2 aromatic heterocycles. The lowest BCUT2D eigenvalue weighted by atomic mass is 10.0. The summed E-state index contributed by atoms with van der Waals surface area (Å²) in [5, 5.41) is 6.78. The second-order valence-corrected chi connectivity index (χ2v) is 8.80. The van der Waals surface area contributed by atoms with Crippen LogP contribution in [0.3, 0.4) is 0 Å². The molecular formula is C23H30N4O4. The minimum atomic E-state index is -0.613. The van der Waals surface area contributed by atoms with Crippen LogP contribution in [0, 0.1) is 5.92 Å². The predicted molar refractivity (Wildman–Crippen MR) is 118 cm³/mol.